The van der Waals surface area contributed by atoms with Crippen molar-refractivity contribution in [3.8, 4) is 0 Å². The van der Waals surface area contributed by atoms with E-state index in [2.05, 4.69) is 5.32 Å². The zero-order valence-electron chi connectivity index (χ0n) is 13.0. The monoisotopic (exact) mass is 323 g/mol. The van der Waals surface area contributed by atoms with E-state index in [0.717, 1.165) is 32.1 Å². The van der Waals surface area contributed by atoms with E-state index in [9.17, 15) is 4.79 Å². The molecule has 1 aromatic rings. The lowest BCUT2D eigenvalue weighted by molar-refractivity contribution is -0.131. The molecular weight excluding hydrogens is 298 g/mol. The predicted octanol–water partition coefficient (Wildman–Crippen LogP) is 1.58. The van der Waals surface area contributed by atoms with E-state index in [-0.39, 0.29) is 18.1 Å². The fraction of sp³-hybridized carbons (Fsp3) is 0.750. The van der Waals surface area contributed by atoms with Gasteiger partial charge in [0.1, 0.15) is 6.10 Å². The second kappa shape index (κ2) is 7.53. The number of ether oxygens (including phenoxy) is 1. The van der Waals surface area contributed by atoms with Gasteiger partial charge < -0.3 is 15.8 Å². The number of nitrogens with zero attached hydrogens (tertiary/aromatic N) is 1. The number of aromatic nitrogens is 1. The molecule has 3 N–H and O–H groups in total. The molecule has 0 unspecified atom stereocenters. The van der Waals surface area contributed by atoms with Crippen molar-refractivity contribution in [1.29, 1.82) is 0 Å². The summed E-state index contributed by atoms with van der Waals surface area (Å²) in [5.74, 6) is 0.00869. The minimum atomic E-state index is -0.305. The molecular formula is C16H25N3O2S. The number of carbonyl (C=O) groups excluding carboxylic acids is 1. The molecule has 3 rings (SSSR count). The molecule has 122 valence electrons. The van der Waals surface area contributed by atoms with E-state index in [4.69, 9.17) is 15.5 Å². The van der Waals surface area contributed by atoms with Crippen LogP contribution in [0, 0.1) is 0 Å². The Labute approximate surface area is 135 Å². The van der Waals surface area contributed by atoms with Gasteiger partial charge >= 0.3 is 0 Å². The molecule has 1 amide bonds. The highest BCUT2D eigenvalue weighted by molar-refractivity contribution is 7.11. The first kappa shape index (κ1) is 15.9. The maximum Gasteiger partial charge on any atom is 0.249 e. The van der Waals surface area contributed by atoms with Gasteiger partial charge in [-0.25, -0.2) is 4.98 Å². The van der Waals surface area contributed by atoms with E-state index in [0.29, 0.717) is 13.1 Å². The normalized spacial score (nSPS) is 24.2. The number of nitrogens with two attached hydrogens (primary N) is 1. The Hall–Kier alpha value is -0.980. The second-order valence-corrected chi connectivity index (χ2v) is 7.31. The summed E-state index contributed by atoms with van der Waals surface area (Å²) in [6.45, 7) is 1.19. The van der Waals surface area contributed by atoms with Crippen molar-refractivity contribution in [3.63, 3.8) is 0 Å². The number of thiazole rings is 1. The summed E-state index contributed by atoms with van der Waals surface area (Å²) in [4.78, 5) is 18.2. The molecule has 0 spiro atoms. The third kappa shape index (κ3) is 3.86. The van der Waals surface area contributed by atoms with E-state index in [1.807, 2.05) is 11.3 Å². The highest BCUT2D eigenvalue weighted by Crippen LogP contribution is 2.27. The van der Waals surface area contributed by atoms with Gasteiger partial charge in [0.05, 0.1) is 16.8 Å². The summed E-state index contributed by atoms with van der Waals surface area (Å²) < 4.78 is 5.60. The molecule has 0 saturated carbocycles. The van der Waals surface area contributed by atoms with Crippen LogP contribution in [0.1, 0.15) is 47.7 Å². The average molecular weight is 323 g/mol. The Morgan fingerprint density at radius 1 is 1.36 bits per heavy atom. The molecule has 22 heavy (non-hydrogen) atoms. The van der Waals surface area contributed by atoms with Gasteiger partial charge in [0, 0.05) is 24.4 Å². The van der Waals surface area contributed by atoms with E-state index < -0.39 is 0 Å². The fourth-order valence-electron chi connectivity index (χ4n) is 3.15. The van der Waals surface area contributed by atoms with Crippen LogP contribution in [0.3, 0.4) is 0 Å². The fourth-order valence-corrected chi connectivity index (χ4v) is 4.35. The van der Waals surface area contributed by atoms with Crippen molar-refractivity contribution in [1.82, 2.24) is 10.3 Å². The molecule has 1 saturated heterocycles. The maximum atomic E-state index is 12.0. The Balaban J connectivity index is 1.37. The summed E-state index contributed by atoms with van der Waals surface area (Å²) in [6.07, 6.45) is 8.23. The Morgan fingerprint density at radius 2 is 2.23 bits per heavy atom. The molecule has 2 atom stereocenters. The van der Waals surface area contributed by atoms with Gasteiger partial charge in [-0.2, -0.15) is 0 Å². The lowest BCUT2D eigenvalue weighted by Crippen LogP contribution is -2.36. The first-order chi connectivity index (χ1) is 10.8. The lowest BCUT2D eigenvalue weighted by Gasteiger charge is -2.12. The number of aryl methyl sites for hydroxylation is 3. The van der Waals surface area contributed by atoms with Crippen LogP contribution in [0.2, 0.25) is 0 Å². The zero-order chi connectivity index (χ0) is 15.4. The Morgan fingerprint density at radius 3 is 3.00 bits per heavy atom. The molecule has 1 fully saturated rings. The van der Waals surface area contributed by atoms with Gasteiger partial charge in [-0.3, -0.25) is 4.79 Å². The predicted molar refractivity (Wildman–Crippen MR) is 87.0 cm³/mol. The lowest BCUT2D eigenvalue weighted by atomic mass is 10.0. The van der Waals surface area contributed by atoms with E-state index in [1.165, 1.54) is 34.8 Å². The molecule has 1 aromatic heterocycles. The van der Waals surface area contributed by atoms with Crippen LogP contribution in [0.4, 0.5) is 0 Å². The summed E-state index contributed by atoms with van der Waals surface area (Å²) in [5, 5.41) is 4.20. The number of rotatable bonds is 6. The topological polar surface area (TPSA) is 77.2 Å². The number of hydrogen-bond acceptors (Lipinski definition) is 5. The van der Waals surface area contributed by atoms with Crippen molar-refractivity contribution in [2.24, 2.45) is 5.73 Å². The van der Waals surface area contributed by atoms with Gasteiger partial charge in [-0.05, 0) is 44.9 Å². The highest BCUT2D eigenvalue weighted by Gasteiger charge is 2.29. The van der Waals surface area contributed by atoms with Gasteiger partial charge in [-0.15, -0.1) is 11.3 Å². The van der Waals surface area contributed by atoms with Crippen LogP contribution in [0.5, 0.6) is 0 Å². The Kier molecular flexibility index (Phi) is 5.44. The first-order valence-corrected chi connectivity index (χ1v) is 9.18. The minimum absolute atomic E-state index is 0.00869. The third-order valence-corrected chi connectivity index (χ3v) is 5.64. The molecule has 6 heteroatoms. The first-order valence-electron chi connectivity index (χ1n) is 8.37. The second-order valence-electron chi connectivity index (χ2n) is 6.14. The van der Waals surface area contributed by atoms with Crippen LogP contribution in [-0.2, 0) is 28.8 Å². The summed E-state index contributed by atoms with van der Waals surface area (Å²) >= 11 is 1.86. The van der Waals surface area contributed by atoms with Crippen LogP contribution in [0.25, 0.3) is 0 Å². The molecule has 5 nitrogen and oxygen atoms in total. The molecule has 1 aliphatic heterocycles. The van der Waals surface area contributed by atoms with Gasteiger partial charge in [0.2, 0.25) is 5.91 Å². The van der Waals surface area contributed by atoms with Crippen molar-refractivity contribution in [2.75, 3.05) is 13.1 Å². The number of amides is 1. The number of fused-ring (bicyclic) bond motifs is 1. The SMILES string of the molecule is NC[C@H]1CC[C@@H](C(=O)NCCCc2nc3c(s2)CCCC3)O1. The highest BCUT2D eigenvalue weighted by atomic mass is 32.1. The molecule has 1 aliphatic carbocycles. The third-order valence-electron chi connectivity index (χ3n) is 4.42. The van der Waals surface area contributed by atoms with E-state index >= 15 is 0 Å². The maximum absolute atomic E-state index is 12.0. The van der Waals surface area contributed by atoms with Crippen molar-refractivity contribution >= 4 is 17.2 Å². The molecule has 0 bridgehead atoms. The summed E-state index contributed by atoms with van der Waals surface area (Å²) in [7, 11) is 0. The standard InChI is InChI=1S/C16H25N3O2S/c17-10-11-7-8-13(21-11)16(20)18-9-3-6-15-19-12-4-1-2-5-14(12)22-15/h11,13H,1-10,17H2,(H,18,20)/t11-,13+/m1/s1. The van der Waals surface area contributed by atoms with Crippen LogP contribution in [-0.4, -0.2) is 36.2 Å². The van der Waals surface area contributed by atoms with Crippen LogP contribution in [0.15, 0.2) is 0 Å². The largest absolute Gasteiger partial charge is 0.364 e. The van der Waals surface area contributed by atoms with Crippen molar-refractivity contribution in [3.05, 3.63) is 15.6 Å². The van der Waals surface area contributed by atoms with Gasteiger partial charge in [0.15, 0.2) is 0 Å². The van der Waals surface area contributed by atoms with Crippen LogP contribution < -0.4 is 11.1 Å². The van der Waals surface area contributed by atoms with Gasteiger partial charge in [-0.1, -0.05) is 0 Å². The molecule has 2 aliphatic rings. The number of carbonyl (C=O) groups is 1. The smallest absolute Gasteiger partial charge is 0.249 e. The number of nitrogens with one attached hydrogen (secondary N) is 1. The molecule has 0 aromatic carbocycles. The zero-order valence-corrected chi connectivity index (χ0v) is 13.8. The Bertz CT molecular complexity index is 494. The van der Waals surface area contributed by atoms with Crippen LogP contribution >= 0.6 is 11.3 Å². The molecule has 2 heterocycles. The summed E-state index contributed by atoms with van der Waals surface area (Å²) in [5.41, 5.74) is 6.88. The van der Waals surface area contributed by atoms with E-state index in [1.54, 1.807) is 0 Å². The quantitative estimate of drug-likeness (QED) is 0.779. The number of hydrogen-bond donors (Lipinski definition) is 2. The van der Waals surface area contributed by atoms with Crippen molar-refractivity contribution in [2.45, 2.75) is 63.6 Å². The average Bonchev–Trinajstić information content (AvgIpc) is 3.17. The minimum Gasteiger partial charge on any atom is -0.364 e. The summed E-state index contributed by atoms with van der Waals surface area (Å²) in [6, 6.07) is 0. The van der Waals surface area contributed by atoms with Crippen molar-refractivity contribution < 1.29 is 9.53 Å². The van der Waals surface area contributed by atoms with Gasteiger partial charge in [0.25, 0.3) is 0 Å². The molecule has 0 radical (unpaired) electrons.